The van der Waals surface area contributed by atoms with E-state index in [0.717, 1.165) is 19.5 Å². The molecular weight excluding hydrogens is 269 g/mol. The first-order valence-electron chi connectivity index (χ1n) is 7.61. The Morgan fingerprint density at radius 2 is 2.24 bits per heavy atom. The molecule has 1 unspecified atom stereocenters. The maximum atomic E-state index is 13.4. The zero-order chi connectivity index (χ0) is 15.1. The van der Waals surface area contributed by atoms with Gasteiger partial charge in [0.15, 0.2) is 0 Å². The molecule has 1 aliphatic rings. The molecule has 4 nitrogen and oxygen atoms in total. The molecule has 1 saturated heterocycles. The number of likely N-dealkylation sites (N-methyl/N-ethyl adjacent to an activating group) is 1. The molecule has 1 aromatic rings. The minimum absolute atomic E-state index is 0.181. The van der Waals surface area contributed by atoms with Crippen molar-refractivity contribution in [3.8, 4) is 0 Å². The number of rotatable bonds is 6. The van der Waals surface area contributed by atoms with Crippen LogP contribution < -0.4 is 10.6 Å². The number of benzene rings is 1. The second-order valence-corrected chi connectivity index (χ2v) is 5.70. The van der Waals surface area contributed by atoms with Gasteiger partial charge in [0.25, 0.3) is 0 Å². The van der Waals surface area contributed by atoms with Crippen LogP contribution in [0.4, 0.5) is 10.1 Å². The fourth-order valence-electron chi connectivity index (χ4n) is 2.62. The molecule has 0 bridgehead atoms. The molecule has 0 aliphatic carbocycles. The van der Waals surface area contributed by atoms with E-state index in [0.29, 0.717) is 6.04 Å². The Morgan fingerprint density at radius 1 is 1.43 bits per heavy atom. The first kappa shape index (κ1) is 15.9. The van der Waals surface area contributed by atoms with Crippen LogP contribution in [0, 0.1) is 5.82 Å². The van der Waals surface area contributed by atoms with Crippen molar-refractivity contribution in [1.82, 2.24) is 10.2 Å². The van der Waals surface area contributed by atoms with Crippen LogP contribution in [0.1, 0.15) is 25.7 Å². The summed E-state index contributed by atoms with van der Waals surface area (Å²) in [7, 11) is 1.92. The van der Waals surface area contributed by atoms with E-state index in [1.807, 2.05) is 11.9 Å². The summed E-state index contributed by atoms with van der Waals surface area (Å²) in [5, 5.41) is 6.11. The number of hydrogen-bond donors (Lipinski definition) is 2. The lowest BCUT2D eigenvalue weighted by molar-refractivity contribution is -0.117. The number of anilines is 1. The molecule has 2 rings (SSSR count). The fraction of sp³-hybridized carbons (Fsp3) is 0.562. The number of nitrogens with one attached hydrogen (secondary N) is 2. The summed E-state index contributed by atoms with van der Waals surface area (Å²) in [5.74, 6) is -0.584. The molecule has 1 aromatic carbocycles. The summed E-state index contributed by atoms with van der Waals surface area (Å²) < 4.78 is 13.4. The van der Waals surface area contributed by atoms with E-state index in [9.17, 15) is 9.18 Å². The lowest BCUT2D eigenvalue weighted by atomic mass is 10.0. The van der Waals surface area contributed by atoms with Crippen LogP contribution in [0.25, 0.3) is 0 Å². The summed E-state index contributed by atoms with van der Waals surface area (Å²) in [6.07, 6.45) is 4.81. The Kier molecular flexibility index (Phi) is 6.14. The number of piperidine rings is 1. The molecule has 0 spiro atoms. The van der Waals surface area contributed by atoms with Gasteiger partial charge in [0.1, 0.15) is 5.82 Å². The lowest BCUT2D eigenvalue weighted by Gasteiger charge is -2.25. The Bertz CT molecular complexity index is 461. The third-order valence-electron chi connectivity index (χ3n) is 3.83. The zero-order valence-corrected chi connectivity index (χ0v) is 12.6. The molecular formula is C16H24FN3O. The summed E-state index contributed by atoms with van der Waals surface area (Å²) >= 11 is 0. The van der Waals surface area contributed by atoms with Crippen molar-refractivity contribution in [2.24, 2.45) is 0 Å². The standard InChI is InChI=1S/C16H24FN3O/c1-20(11-9-13-6-4-5-10-18-13)12-16(21)19-15-8-3-2-7-14(15)17/h2-3,7-8,13,18H,4-6,9-12H2,1H3,(H,19,21). The van der Waals surface area contributed by atoms with E-state index >= 15 is 0 Å². The van der Waals surface area contributed by atoms with Crippen molar-refractivity contribution in [3.63, 3.8) is 0 Å². The number of nitrogens with zero attached hydrogens (tertiary/aromatic N) is 1. The van der Waals surface area contributed by atoms with Gasteiger partial charge in [-0.15, -0.1) is 0 Å². The number of hydrogen-bond acceptors (Lipinski definition) is 3. The second kappa shape index (κ2) is 8.10. The van der Waals surface area contributed by atoms with Crippen molar-refractivity contribution < 1.29 is 9.18 Å². The van der Waals surface area contributed by atoms with E-state index in [4.69, 9.17) is 0 Å². The average Bonchev–Trinajstić information content (AvgIpc) is 2.48. The molecule has 2 N–H and O–H groups in total. The summed E-state index contributed by atoms with van der Waals surface area (Å²) in [5.41, 5.74) is 0.241. The highest BCUT2D eigenvalue weighted by molar-refractivity contribution is 5.92. The molecule has 1 fully saturated rings. The third-order valence-corrected chi connectivity index (χ3v) is 3.83. The summed E-state index contributed by atoms with van der Waals surface area (Å²) in [4.78, 5) is 13.9. The van der Waals surface area contributed by atoms with Gasteiger partial charge in [0.2, 0.25) is 5.91 Å². The predicted molar refractivity (Wildman–Crippen MR) is 82.8 cm³/mol. The van der Waals surface area contributed by atoms with Gasteiger partial charge < -0.3 is 10.6 Å². The van der Waals surface area contributed by atoms with E-state index in [1.165, 1.54) is 25.3 Å². The molecule has 5 heteroatoms. The van der Waals surface area contributed by atoms with Crippen molar-refractivity contribution >= 4 is 11.6 Å². The largest absolute Gasteiger partial charge is 0.322 e. The summed E-state index contributed by atoms with van der Waals surface area (Å²) in [6, 6.07) is 6.79. The normalized spacial score (nSPS) is 18.7. The molecule has 116 valence electrons. The van der Waals surface area contributed by atoms with Gasteiger partial charge in [0, 0.05) is 6.04 Å². The number of para-hydroxylation sites is 1. The third kappa shape index (κ3) is 5.44. The van der Waals surface area contributed by atoms with Crippen LogP contribution >= 0.6 is 0 Å². The molecule has 1 heterocycles. The van der Waals surface area contributed by atoms with Crippen LogP contribution in [0.3, 0.4) is 0 Å². The van der Waals surface area contributed by atoms with Gasteiger partial charge in [-0.2, -0.15) is 0 Å². The minimum atomic E-state index is -0.403. The topological polar surface area (TPSA) is 44.4 Å². The van der Waals surface area contributed by atoms with Crippen LogP contribution in [0.5, 0.6) is 0 Å². The summed E-state index contributed by atoms with van der Waals surface area (Å²) in [6.45, 7) is 2.24. The predicted octanol–water partition coefficient (Wildman–Crippen LogP) is 2.23. The SMILES string of the molecule is CN(CCC1CCCCN1)CC(=O)Nc1ccccc1F. The first-order valence-corrected chi connectivity index (χ1v) is 7.61. The monoisotopic (exact) mass is 293 g/mol. The van der Waals surface area contributed by atoms with Gasteiger partial charge in [0.05, 0.1) is 12.2 Å². The minimum Gasteiger partial charge on any atom is -0.322 e. The van der Waals surface area contributed by atoms with Gasteiger partial charge in [-0.25, -0.2) is 4.39 Å². The Hall–Kier alpha value is -1.46. The van der Waals surface area contributed by atoms with E-state index in [1.54, 1.807) is 18.2 Å². The van der Waals surface area contributed by atoms with Gasteiger partial charge in [-0.05, 0) is 51.5 Å². The zero-order valence-electron chi connectivity index (χ0n) is 12.6. The Morgan fingerprint density at radius 3 is 2.95 bits per heavy atom. The van der Waals surface area contributed by atoms with Crippen molar-refractivity contribution in [2.45, 2.75) is 31.7 Å². The Labute approximate surface area is 125 Å². The number of amides is 1. The van der Waals surface area contributed by atoms with Crippen molar-refractivity contribution in [3.05, 3.63) is 30.1 Å². The van der Waals surface area contributed by atoms with Crippen LogP contribution in [-0.4, -0.2) is 43.5 Å². The number of carbonyl (C=O) groups is 1. The average molecular weight is 293 g/mol. The van der Waals surface area contributed by atoms with Crippen LogP contribution in [0.2, 0.25) is 0 Å². The van der Waals surface area contributed by atoms with Crippen molar-refractivity contribution in [2.75, 3.05) is 32.0 Å². The van der Waals surface area contributed by atoms with E-state index in [2.05, 4.69) is 10.6 Å². The molecule has 0 radical (unpaired) electrons. The lowest BCUT2D eigenvalue weighted by Crippen LogP contribution is -2.38. The molecule has 1 amide bonds. The Balaban J connectivity index is 1.70. The van der Waals surface area contributed by atoms with Gasteiger partial charge >= 0.3 is 0 Å². The van der Waals surface area contributed by atoms with Crippen LogP contribution in [0.15, 0.2) is 24.3 Å². The highest BCUT2D eigenvalue weighted by Gasteiger charge is 2.14. The molecule has 1 aliphatic heterocycles. The van der Waals surface area contributed by atoms with Gasteiger partial charge in [-0.3, -0.25) is 9.69 Å². The molecule has 0 aromatic heterocycles. The number of carbonyl (C=O) groups excluding carboxylic acids is 1. The van der Waals surface area contributed by atoms with E-state index < -0.39 is 5.82 Å². The quantitative estimate of drug-likeness (QED) is 0.845. The molecule has 0 saturated carbocycles. The first-order chi connectivity index (χ1) is 10.1. The fourth-order valence-corrected chi connectivity index (χ4v) is 2.62. The molecule has 21 heavy (non-hydrogen) atoms. The van der Waals surface area contributed by atoms with Gasteiger partial charge in [-0.1, -0.05) is 18.6 Å². The highest BCUT2D eigenvalue weighted by atomic mass is 19.1. The maximum Gasteiger partial charge on any atom is 0.238 e. The van der Waals surface area contributed by atoms with Crippen molar-refractivity contribution in [1.29, 1.82) is 0 Å². The number of halogens is 1. The second-order valence-electron chi connectivity index (χ2n) is 5.70. The maximum absolute atomic E-state index is 13.4. The van der Waals surface area contributed by atoms with E-state index in [-0.39, 0.29) is 18.1 Å². The highest BCUT2D eigenvalue weighted by Crippen LogP contribution is 2.12. The molecule has 1 atom stereocenters. The van der Waals surface area contributed by atoms with Crippen LogP contribution in [-0.2, 0) is 4.79 Å². The smallest absolute Gasteiger partial charge is 0.238 e.